The summed E-state index contributed by atoms with van der Waals surface area (Å²) in [6, 6.07) is 12.4. The Labute approximate surface area is 154 Å². The third kappa shape index (κ3) is 4.36. The first-order chi connectivity index (χ1) is 11.0. The van der Waals surface area contributed by atoms with Crippen LogP contribution in [0.3, 0.4) is 0 Å². The van der Waals surface area contributed by atoms with E-state index in [9.17, 15) is 9.59 Å². The Kier molecular flexibility index (Phi) is 5.43. The van der Waals surface area contributed by atoms with Crippen molar-refractivity contribution >= 4 is 67.8 Å². The van der Waals surface area contributed by atoms with Crippen LogP contribution in [0.4, 0.5) is 0 Å². The highest BCUT2D eigenvalue weighted by atomic mass is 32.2. The van der Waals surface area contributed by atoms with E-state index in [2.05, 4.69) is 24.3 Å². The molecule has 3 rings (SSSR count). The summed E-state index contributed by atoms with van der Waals surface area (Å²) < 4.78 is 2.05. The van der Waals surface area contributed by atoms with E-state index in [0.717, 1.165) is 8.42 Å². The molecule has 0 aliphatic carbocycles. The van der Waals surface area contributed by atoms with Crippen LogP contribution in [-0.2, 0) is 9.59 Å². The van der Waals surface area contributed by atoms with E-state index in [0.29, 0.717) is 0 Å². The maximum atomic E-state index is 11.2. The van der Waals surface area contributed by atoms with Crippen LogP contribution in [0.1, 0.15) is 13.8 Å². The van der Waals surface area contributed by atoms with E-state index in [4.69, 9.17) is 0 Å². The Hall–Kier alpha value is -0.860. The lowest BCUT2D eigenvalue weighted by Crippen LogP contribution is -1.75. The molecule has 0 spiro atoms. The molecule has 2 nitrogen and oxygen atoms in total. The molecule has 0 N–H and O–H groups in total. The number of hydrogen-bond acceptors (Lipinski definition) is 7. The van der Waals surface area contributed by atoms with Crippen LogP contribution in [0.25, 0.3) is 19.5 Å². The molecule has 118 valence electrons. The minimum absolute atomic E-state index is 0.111. The first-order valence-corrected chi connectivity index (χ1v) is 10.8. The van der Waals surface area contributed by atoms with Gasteiger partial charge in [-0.05, 0) is 59.9 Å². The molecular weight excluding hydrogens is 385 g/mol. The van der Waals surface area contributed by atoms with Crippen molar-refractivity contribution in [3.8, 4) is 19.5 Å². The topological polar surface area (TPSA) is 34.1 Å². The van der Waals surface area contributed by atoms with Gasteiger partial charge in [0.25, 0.3) is 0 Å². The van der Waals surface area contributed by atoms with Gasteiger partial charge in [-0.15, -0.1) is 34.0 Å². The van der Waals surface area contributed by atoms with E-state index in [1.165, 1.54) is 43.0 Å². The van der Waals surface area contributed by atoms with Crippen LogP contribution in [0, 0.1) is 0 Å². The van der Waals surface area contributed by atoms with Crippen molar-refractivity contribution in [2.75, 3.05) is 0 Å². The standard InChI is InChI=1S/C16H12O2S5/c1-9(17)19-15-7-5-13(22-15)11-3-4-12(21-11)14-6-8-16(23-14)20-10(2)18/h3-8H,1-2H3. The molecule has 3 heterocycles. The summed E-state index contributed by atoms with van der Waals surface area (Å²) >= 11 is 7.58. The number of thioether (sulfide) groups is 2. The van der Waals surface area contributed by atoms with Crippen LogP contribution in [0.5, 0.6) is 0 Å². The van der Waals surface area contributed by atoms with Gasteiger partial charge in [0.1, 0.15) is 0 Å². The first kappa shape index (κ1) is 17.0. The highest BCUT2D eigenvalue weighted by Gasteiger charge is 2.11. The molecule has 0 radical (unpaired) electrons. The monoisotopic (exact) mass is 396 g/mol. The molecule has 3 aromatic heterocycles. The summed E-state index contributed by atoms with van der Waals surface area (Å²) in [5.41, 5.74) is 0. The van der Waals surface area contributed by atoms with Gasteiger partial charge >= 0.3 is 0 Å². The molecule has 0 aliphatic heterocycles. The molecule has 0 saturated heterocycles. The lowest BCUT2D eigenvalue weighted by molar-refractivity contribution is -0.109. The number of carbonyl (C=O) groups is 2. The molecule has 23 heavy (non-hydrogen) atoms. The molecular formula is C16H12O2S5. The summed E-state index contributed by atoms with van der Waals surface area (Å²) in [5, 5.41) is 0.221. The van der Waals surface area contributed by atoms with E-state index in [1.54, 1.807) is 47.9 Å². The maximum Gasteiger partial charge on any atom is 0.191 e. The van der Waals surface area contributed by atoms with Crippen molar-refractivity contribution in [2.45, 2.75) is 22.3 Å². The van der Waals surface area contributed by atoms with Crippen LogP contribution in [-0.4, -0.2) is 10.2 Å². The van der Waals surface area contributed by atoms with Gasteiger partial charge in [0.2, 0.25) is 0 Å². The third-order valence-electron chi connectivity index (χ3n) is 2.74. The summed E-state index contributed by atoms with van der Waals surface area (Å²) in [4.78, 5) is 27.1. The van der Waals surface area contributed by atoms with Crippen LogP contribution in [0.15, 0.2) is 44.8 Å². The van der Waals surface area contributed by atoms with Crippen LogP contribution >= 0.6 is 57.5 Å². The van der Waals surface area contributed by atoms with Crippen molar-refractivity contribution in [3.05, 3.63) is 36.4 Å². The SMILES string of the molecule is CC(=O)Sc1ccc(-c2ccc(-c3ccc(SC(C)=O)s3)s2)s1. The van der Waals surface area contributed by atoms with Gasteiger partial charge in [-0.1, -0.05) is 0 Å². The van der Waals surface area contributed by atoms with Crippen molar-refractivity contribution in [1.82, 2.24) is 0 Å². The highest BCUT2D eigenvalue weighted by Crippen LogP contribution is 2.42. The lowest BCUT2D eigenvalue weighted by atomic mass is 10.3. The summed E-state index contributed by atoms with van der Waals surface area (Å²) in [6.45, 7) is 3.17. The molecule has 0 unspecified atom stereocenters. The molecule has 3 aromatic rings. The van der Waals surface area contributed by atoms with Crippen molar-refractivity contribution in [3.63, 3.8) is 0 Å². The van der Waals surface area contributed by atoms with E-state index < -0.39 is 0 Å². The Balaban J connectivity index is 1.80. The largest absolute Gasteiger partial charge is 0.287 e. The van der Waals surface area contributed by atoms with Crippen molar-refractivity contribution in [2.24, 2.45) is 0 Å². The molecule has 0 aromatic carbocycles. The average Bonchev–Trinajstić information content (AvgIpc) is 3.15. The zero-order chi connectivity index (χ0) is 16.4. The quantitative estimate of drug-likeness (QED) is 0.473. The zero-order valence-corrected chi connectivity index (χ0v) is 16.4. The smallest absolute Gasteiger partial charge is 0.191 e. The molecule has 0 amide bonds. The fraction of sp³-hybridized carbons (Fsp3) is 0.125. The highest BCUT2D eigenvalue weighted by molar-refractivity contribution is 8.15. The zero-order valence-electron chi connectivity index (χ0n) is 12.3. The fourth-order valence-electron chi connectivity index (χ4n) is 1.90. The molecule has 0 saturated carbocycles. The minimum atomic E-state index is 0.111. The number of hydrogen-bond donors (Lipinski definition) is 0. The van der Waals surface area contributed by atoms with Crippen molar-refractivity contribution in [1.29, 1.82) is 0 Å². The normalized spacial score (nSPS) is 10.9. The number of rotatable bonds is 4. The van der Waals surface area contributed by atoms with E-state index in [1.807, 2.05) is 12.1 Å². The van der Waals surface area contributed by atoms with Crippen molar-refractivity contribution < 1.29 is 9.59 Å². The van der Waals surface area contributed by atoms with E-state index in [-0.39, 0.29) is 10.2 Å². The Morgan fingerprint density at radius 1 is 0.652 bits per heavy atom. The average molecular weight is 397 g/mol. The second kappa shape index (κ2) is 7.36. The maximum absolute atomic E-state index is 11.2. The van der Waals surface area contributed by atoms with Gasteiger partial charge in [-0.2, -0.15) is 0 Å². The van der Waals surface area contributed by atoms with Crippen LogP contribution in [0.2, 0.25) is 0 Å². The van der Waals surface area contributed by atoms with Gasteiger partial charge in [-0.3, -0.25) is 9.59 Å². The predicted octanol–water partition coefficient (Wildman–Crippen LogP) is 6.48. The van der Waals surface area contributed by atoms with E-state index >= 15 is 0 Å². The third-order valence-corrected chi connectivity index (χ3v) is 8.23. The number of thiophene rings is 3. The van der Waals surface area contributed by atoms with Gasteiger partial charge < -0.3 is 0 Å². The van der Waals surface area contributed by atoms with Gasteiger partial charge in [0.05, 0.1) is 8.42 Å². The minimum Gasteiger partial charge on any atom is -0.287 e. The number of carbonyl (C=O) groups excluding carboxylic acids is 2. The second-order valence-corrected chi connectivity index (χ2v) is 10.8. The van der Waals surface area contributed by atoms with Crippen LogP contribution < -0.4 is 0 Å². The first-order valence-electron chi connectivity index (χ1n) is 6.68. The lowest BCUT2D eigenvalue weighted by Gasteiger charge is -1.92. The molecule has 7 heteroatoms. The molecule has 0 bridgehead atoms. The predicted molar refractivity (Wildman–Crippen MR) is 104 cm³/mol. The molecule has 0 fully saturated rings. The Morgan fingerprint density at radius 3 is 1.39 bits per heavy atom. The van der Waals surface area contributed by atoms with Gasteiger partial charge in [-0.25, -0.2) is 0 Å². The summed E-state index contributed by atoms with van der Waals surface area (Å²) in [5.74, 6) is 0. The van der Waals surface area contributed by atoms with Gasteiger partial charge in [0, 0.05) is 33.4 Å². The Bertz CT molecular complexity index is 787. The summed E-state index contributed by atoms with van der Waals surface area (Å²) in [7, 11) is 0. The molecule has 0 atom stereocenters. The fourth-order valence-corrected chi connectivity index (χ4v) is 6.98. The molecule has 0 aliphatic rings. The Morgan fingerprint density at radius 2 is 1.00 bits per heavy atom. The van der Waals surface area contributed by atoms with Gasteiger partial charge in [0.15, 0.2) is 10.2 Å². The second-order valence-electron chi connectivity index (χ2n) is 4.59. The summed E-state index contributed by atoms with van der Waals surface area (Å²) in [6.07, 6.45) is 0.